The van der Waals surface area contributed by atoms with Crippen molar-refractivity contribution in [3.63, 3.8) is 0 Å². The number of carbonyl (C=O) groups excluding carboxylic acids is 1. The summed E-state index contributed by atoms with van der Waals surface area (Å²) in [6.45, 7) is 0. The predicted octanol–water partition coefficient (Wildman–Crippen LogP) is 3.86. The lowest BCUT2D eigenvalue weighted by Gasteiger charge is -2.01. The molecule has 0 bridgehead atoms. The second-order valence-corrected chi connectivity index (χ2v) is 6.27. The molecule has 4 rings (SSSR count). The second kappa shape index (κ2) is 6.57. The molecule has 4 aromatic rings. The number of benzene rings is 2. The minimum atomic E-state index is -0.742. The zero-order chi connectivity index (χ0) is 18.1. The largest absolute Gasteiger partial charge is 0.422 e. The molecule has 8 heteroatoms. The van der Waals surface area contributed by atoms with Crippen LogP contribution < -0.4 is 10.9 Å². The van der Waals surface area contributed by atoms with Gasteiger partial charge >= 0.3 is 11.6 Å². The first-order chi connectivity index (χ1) is 12.6. The number of carbonyl (C=O) groups is 1. The highest BCUT2D eigenvalue weighted by molar-refractivity contribution is 9.10. The Hall–Kier alpha value is -3.26. The van der Waals surface area contributed by atoms with Crippen LogP contribution in [0.15, 0.2) is 72.7 Å². The van der Waals surface area contributed by atoms with Crippen molar-refractivity contribution < 1.29 is 13.6 Å². The summed E-state index contributed by atoms with van der Waals surface area (Å²) >= 11 is 3.34. The highest BCUT2D eigenvalue weighted by Gasteiger charge is 2.17. The number of nitrogens with one attached hydrogen (secondary N) is 1. The lowest BCUT2D eigenvalue weighted by molar-refractivity contribution is 0.102. The number of hydrogen-bond donors (Lipinski definition) is 1. The topological polar surface area (TPSA) is 98.2 Å². The maximum absolute atomic E-state index is 12.4. The van der Waals surface area contributed by atoms with E-state index in [1.54, 1.807) is 36.4 Å². The molecular formula is C18H10BrN3O4. The quantitative estimate of drug-likeness (QED) is 0.514. The van der Waals surface area contributed by atoms with Crippen molar-refractivity contribution in [2.75, 3.05) is 5.32 Å². The summed E-state index contributed by atoms with van der Waals surface area (Å²) in [5, 5.41) is 10.7. The van der Waals surface area contributed by atoms with Crippen molar-refractivity contribution in [1.82, 2.24) is 10.2 Å². The number of anilines is 1. The minimum Gasteiger partial charge on any atom is -0.422 e. The Bertz CT molecular complexity index is 1160. The van der Waals surface area contributed by atoms with Crippen LogP contribution in [-0.4, -0.2) is 16.1 Å². The smallest absolute Gasteiger partial charge is 0.349 e. The van der Waals surface area contributed by atoms with Crippen LogP contribution >= 0.6 is 15.9 Å². The van der Waals surface area contributed by atoms with Crippen LogP contribution in [0.25, 0.3) is 22.4 Å². The summed E-state index contributed by atoms with van der Waals surface area (Å²) in [6, 6.07) is 15.5. The number of para-hydroxylation sites is 1. The third-order valence-electron chi connectivity index (χ3n) is 3.62. The molecule has 128 valence electrons. The Morgan fingerprint density at radius 1 is 1.00 bits per heavy atom. The molecule has 0 saturated carbocycles. The van der Waals surface area contributed by atoms with Gasteiger partial charge in [-0.1, -0.05) is 39.2 Å². The van der Waals surface area contributed by atoms with Gasteiger partial charge < -0.3 is 8.83 Å². The van der Waals surface area contributed by atoms with Crippen molar-refractivity contribution >= 4 is 38.8 Å². The zero-order valence-corrected chi connectivity index (χ0v) is 14.7. The van der Waals surface area contributed by atoms with Gasteiger partial charge in [-0.05, 0) is 36.4 Å². The van der Waals surface area contributed by atoms with E-state index in [2.05, 4.69) is 31.4 Å². The van der Waals surface area contributed by atoms with Crippen LogP contribution in [0, 0.1) is 0 Å². The number of nitrogens with zero attached hydrogens (tertiary/aromatic N) is 2. The van der Waals surface area contributed by atoms with Gasteiger partial charge in [0.25, 0.3) is 5.91 Å². The van der Waals surface area contributed by atoms with E-state index in [-0.39, 0.29) is 17.5 Å². The monoisotopic (exact) mass is 411 g/mol. The molecule has 0 atom stereocenters. The lowest BCUT2D eigenvalue weighted by atomic mass is 10.2. The average molecular weight is 412 g/mol. The Balaban J connectivity index is 1.60. The van der Waals surface area contributed by atoms with Crippen molar-refractivity contribution in [2.24, 2.45) is 0 Å². The van der Waals surface area contributed by atoms with E-state index in [0.717, 1.165) is 4.47 Å². The summed E-state index contributed by atoms with van der Waals surface area (Å²) in [5.41, 5.74) is 0.219. The summed E-state index contributed by atoms with van der Waals surface area (Å²) < 4.78 is 11.5. The fourth-order valence-electron chi connectivity index (χ4n) is 2.37. The third kappa shape index (κ3) is 3.14. The van der Waals surface area contributed by atoms with E-state index in [1.165, 1.54) is 6.07 Å². The maximum atomic E-state index is 12.4. The van der Waals surface area contributed by atoms with Gasteiger partial charge in [-0.2, -0.15) is 0 Å². The van der Waals surface area contributed by atoms with Crippen molar-refractivity contribution in [3.8, 4) is 11.5 Å². The van der Waals surface area contributed by atoms with E-state index < -0.39 is 11.5 Å². The molecule has 0 fully saturated rings. The van der Waals surface area contributed by atoms with E-state index in [9.17, 15) is 9.59 Å². The van der Waals surface area contributed by atoms with Gasteiger partial charge in [0.2, 0.25) is 5.89 Å². The number of rotatable bonds is 3. The molecule has 0 aliphatic rings. The van der Waals surface area contributed by atoms with Gasteiger partial charge in [0.1, 0.15) is 11.1 Å². The molecule has 0 radical (unpaired) electrons. The molecule has 7 nitrogen and oxygen atoms in total. The van der Waals surface area contributed by atoms with E-state index in [1.807, 2.05) is 12.1 Å². The van der Waals surface area contributed by atoms with Crippen LogP contribution in [0.3, 0.4) is 0 Å². The maximum Gasteiger partial charge on any atom is 0.349 e. The van der Waals surface area contributed by atoms with Gasteiger partial charge in [-0.15, -0.1) is 5.10 Å². The van der Waals surface area contributed by atoms with E-state index >= 15 is 0 Å². The second-order valence-electron chi connectivity index (χ2n) is 5.36. The first kappa shape index (κ1) is 16.2. The van der Waals surface area contributed by atoms with Crippen molar-refractivity contribution in [1.29, 1.82) is 0 Å². The molecule has 1 N–H and O–H groups in total. The van der Waals surface area contributed by atoms with Gasteiger partial charge in [-0.25, -0.2) is 4.79 Å². The standard InChI is InChI=1S/C18H10BrN3O4/c19-12-7-5-10(6-8-12)16-21-22-18(26-16)20-15(23)13-9-11-3-1-2-4-14(11)25-17(13)24/h1-9H,(H,20,22,23). The molecule has 2 aromatic heterocycles. The molecule has 2 aromatic carbocycles. The first-order valence-corrected chi connectivity index (χ1v) is 8.33. The van der Waals surface area contributed by atoms with Gasteiger partial charge in [0.05, 0.1) is 0 Å². The molecule has 1 amide bonds. The van der Waals surface area contributed by atoms with E-state index in [0.29, 0.717) is 16.5 Å². The fourth-order valence-corrected chi connectivity index (χ4v) is 2.63. The van der Waals surface area contributed by atoms with Crippen LogP contribution in [0.4, 0.5) is 6.01 Å². The fraction of sp³-hybridized carbons (Fsp3) is 0. The van der Waals surface area contributed by atoms with Gasteiger partial charge in [-0.3, -0.25) is 10.1 Å². The Morgan fingerprint density at radius 2 is 1.77 bits per heavy atom. The predicted molar refractivity (Wildman–Crippen MR) is 97.9 cm³/mol. The number of amides is 1. The third-order valence-corrected chi connectivity index (χ3v) is 4.15. The van der Waals surface area contributed by atoms with Crippen molar-refractivity contribution in [3.05, 3.63) is 75.1 Å². The molecule has 0 saturated heterocycles. The minimum absolute atomic E-state index is 0.111. The Labute approximate surface area is 154 Å². The Kier molecular flexibility index (Phi) is 4.10. The normalized spacial score (nSPS) is 10.8. The van der Waals surface area contributed by atoms with Crippen LogP contribution in [0.5, 0.6) is 0 Å². The van der Waals surface area contributed by atoms with E-state index in [4.69, 9.17) is 8.83 Å². The lowest BCUT2D eigenvalue weighted by Crippen LogP contribution is -2.20. The molecule has 2 heterocycles. The summed E-state index contributed by atoms with van der Waals surface area (Å²) in [4.78, 5) is 24.4. The van der Waals surface area contributed by atoms with Crippen LogP contribution in [0.1, 0.15) is 10.4 Å². The number of aromatic nitrogens is 2. The highest BCUT2D eigenvalue weighted by Crippen LogP contribution is 2.22. The number of halogens is 1. The molecular weight excluding hydrogens is 402 g/mol. The number of hydrogen-bond acceptors (Lipinski definition) is 6. The van der Waals surface area contributed by atoms with Gasteiger partial charge in [0.15, 0.2) is 0 Å². The molecule has 0 unspecified atom stereocenters. The molecule has 0 spiro atoms. The molecule has 0 aliphatic carbocycles. The first-order valence-electron chi connectivity index (χ1n) is 7.54. The zero-order valence-electron chi connectivity index (χ0n) is 13.1. The summed E-state index contributed by atoms with van der Waals surface area (Å²) in [6.07, 6.45) is 0. The summed E-state index contributed by atoms with van der Waals surface area (Å²) in [7, 11) is 0. The van der Waals surface area contributed by atoms with Crippen LogP contribution in [0.2, 0.25) is 0 Å². The van der Waals surface area contributed by atoms with Gasteiger partial charge in [0, 0.05) is 15.4 Å². The highest BCUT2D eigenvalue weighted by atomic mass is 79.9. The SMILES string of the molecule is O=C(Nc1nnc(-c2ccc(Br)cc2)o1)c1cc2ccccc2oc1=O. The average Bonchev–Trinajstić information content (AvgIpc) is 3.10. The number of fused-ring (bicyclic) bond motifs is 1. The molecule has 26 heavy (non-hydrogen) atoms. The van der Waals surface area contributed by atoms with Crippen molar-refractivity contribution in [2.45, 2.75) is 0 Å². The molecule has 0 aliphatic heterocycles. The summed E-state index contributed by atoms with van der Waals surface area (Å²) in [5.74, 6) is -0.436. The Morgan fingerprint density at radius 3 is 2.58 bits per heavy atom. The van der Waals surface area contributed by atoms with Crippen LogP contribution in [-0.2, 0) is 0 Å².